The lowest BCUT2D eigenvalue weighted by molar-refractivity contribution is -0.121. The van der Waals surface area contributed by atoms with E-state index < -0.39 is 17.3 Å². The highest BCUT2D eigenvalue weighted by molar-refractivity contribution is 9.10. The molecule has 0 saturated heterocycles. The second-order valence-corrected chi connectivity index (χ2v) is 4.82. The summed E-state index contributed by atoms with van der Waals surface area (Å²) in [5.41, 5.74) is 10.6. The van der Waals surface area contributed by atoms with Crippen LogP contribution in [0.3, 0.4) is 0 Å². The van der Waals surface area contributed by atoms with Gasteiger partial charge in [0.25, 0.3) is 0 Å². The first-order valence-corrected chi connectivity index (χ1v) is 5.36. The van der Waals surface area contributed by atoms with Crippen molar-refractivity contribution in [3.05, 3.63) is 22.4 Å². The van der Waals surface area contributed by atoms with Crippen molar-refractivity contribution in [3.8, 4) is 0 Å². The number of nitrogen functional groups attached to an aromatic ring is 1. The molecule has 5 N–H and O–H groups in total. The molecule has 1 aromatic rings. The third kappa shape index (κ3) is 2.63. The maximum absolute atomic E-state index is 13.3. The summed E-state index contributed by atoms with van der Waals surface area (Å²) in [7, 11) is 0. The summed E-state index contributed by atoms with van der Waals surface area (Å²) in [5, 5.41) is 2.79. The van der Waals surface area contributed by atoms with Crippen molar-refractivity contribution in [1.82, 2.24) is 0 Å². The van der Waals surface area contributed by atoms with Crippen LogP contribution < -0.4 is 16.8 Å². The minimum absolute atomic E-state index is 0.271. The van der Waals surface area contributed by atoms with Crippen LogP contribution in [0.25, 0.3) is 0 Å². The van der Waals surface area contributed by atoms with E-state index in [1.807, 2.05) is 0 Å². The lowest BCUT2D eigenvalue weighted by Crippen LogP contribution is -2.45. The minimum Gasteiger partial charge on any atom is -0.397 e. The van der Waals surface area contributed by atoms with Gasteiger partial charge < -0.3 is 16.8 Å². The maximum Gasteiger partial charge on any atom is 0.242 e. The van der Waals surface area contributed by atoms with E-state index >= 15 is 0 Å². The number of carbonyl (C=O) groups excluding carboxylic acids is 1. The average Bonchev–Trinajstić information content (AvgIpc) is 2.13. The average molecular weight is 290 g/mol. The van der Waals surface area contributed by atoms with Gasteiger partial charge in [0.1, 0.15) is 11.4 Å². The largest absolute Gasteiger partial charge is 0.397 e. The zero-order chi connectivity index (χ0) is 12.5. The Labute approximate surface area is 101 Å². The summed E-state index contributed by atoms with van der Waals surface area (Å²) >= 11 is 3.01. The van der Waals surface area contributed by atoms with Gasteiger partial charge in [-0.1, -0.05) is 0 Å². The van der Waals surface area contributed by atoms with Gasteiger partial charge >= 0.3 is 0 Å². The van der Waals surface area contributed by atoms with E-state index in [-0.39, 0.29) is 4.47 Å². The van der Waals surface area contributed by atoms with Crippen molar-refractivity contribution in [1.29, 1.82) is 0 Å². The number of rotatable bonds is 3. The third-order valence-corrected chi connectivity index (χ3v) is 2.76. The van der Waals surface area contributed by atoms with Gasteiger partial charge in [-0.25, -0.2) is 4.39 Å². The fourth-order valence-corrected chi connectivity index (χ4v) is 1.43. The Kier molecular flexibility index (Phi) is 3.42. The molecule has 0 aliphatic carbocycles. The van der Waals surface area contributed by atoms with Crippen molar-refractivity contribution in [2.75, 3.05) is 11.1 Å². The number of primary amides is 1. The topological polar surface area (TPSA) is 81.1 Å². The molecule has 1 aromatic carbocycles. The third-order valence-electron chi connectivity index (χ3n) is 2.16. The van der Waals surface area contributed by atoms with E-state index in [9.17, 15) is 9.18 Å². The molecule has 0 radical (unpaired) electrons. The first kappa shape index (κ1) is 12.8. The fraction of sp³-hybridized carbons (Fsp3) is 0.300. The molecule has 0 spiro atoms. The molecule has 4 nitrogen and oxygen atoms in total. The van der Waals surface area contributed by atoms with Crippen molar-refractivity contribution in [2.24, 2.45) is 5.73 Å². The van der Waals surface area contributed by atoms with Crippen LogP contribution in [0.5, 0.6) is 0 Å². The predicted molar refractivity (Wildman–Crippen MR) is 65.4 cm³/mol. The Bertz CT molecular complexity index is 434. The standard InChI is InChI=1S/C10H13BrFN3O/c1-10(2,9(14)16)15-8-4-6(12)5(11)3-7(8)13/h3-4,15H,13H2,1-2H3,(H2,14,16). The molecule has 0 atom stereocenters. The highest BCUT2D eigenvalue weighted by Crippen LogP contribution is 2.28. The highest BCUT2D eigenvalue weighted by atomic mass is 79.9. The summed E-state index contributed by atoms with van der Waals surface area (Å²) in [4.78, 5) is 11.1. The Morgan fingerprint density at radius 3 is 2.56 bits per heavy atom. The minimum atomic E-state index is -0.992. The fourth-order valence-electron chi connectivity index (χ4n) is 1.07. The number of hydrogen-bond acceptors (Lipinski definition) is 3. The number of nitrogens with two attached hydrogens (primary N) is 2. The molecular formula is C10H13BrFN3O. The van der Waals surface area contributed by atoms with Crippen molar-refractivity contribution in [3.63, 3.8) is 0 Å². The zero-order valence-electron chi connectivity index (χ0n) is 8.97. The van der Waals surface area contributed by atoms with Gasteiger partial charge in [-0.15, -0.1) is 0 Å². The van der Waals surface area contributed by atoms with Crippen LogP contribution in [0, 0.1) is 5.82 Å². The molecule has 0 unspecified atom stereocenters. The summed E-state index contributed by atoms with van der Waals surface area (Å²) in [6.07, 6.45) is 0. The van der Waals surface area contributed by atoms with E-state index in [0.29, 0.717) is 11.4 Å². The number of benzene rings is 1. The molecule has 0 heterocycles. The zero-order valence-corrected chi connectivity index (χ0v) is 10.6. The van der Waals surface area contributed by atoms with Gasteiger partial charge in [0, 0.05) is 6.07 Å². The van der Waals surface area contributed by atoms with E-state index in [1.54, 1.807) is 13.8 Å². The number of nitrogens with one attached hydrogen (secondary N) is 1. The smallest absolute Gasteiger partial charge is 0.242 e. The lowest BCUT2D eigenvalue weighted by Gasteiger charge is -2.24. The van der Waals surface area contributed by atoms with E-state index in [1.165, 1.54) is 12.1 Å². The number of hydrogen-bond donors (Lipinski definition) is 3. The number of carbonyl (C=O) groups is 1. The number of anilines is 2. The molecule has 6 heteroatoms. The molecule has 0 saturated carbocycles. The van der Waals surface area contributed by atoms with Gasteiger partial charge in [0.15, 0.2) is 0 Å². The van der Waals surface area contributed by atoms with Gasteiger partial charge in [-0.3, -0.25) is 4.79 Å². The molecule has 1 rings (SSSR count). The Balaban J connectivity index is 3.07. The molecule has 0 aliphatic heterocycles. The molecule has 0 fully saturated rings. The van der Waals surface area contributed by atoms with Crippen LogP contribution in [-0.2, 0) is 4.79 Å². The molecule has 1 amide bonds. The van der Waals surface area contributed by atoms with Gasteiger partial charge in [0.05, 0.1) is 15.8 Å². The SMILES string of the molecule is CC(C)(Nc1cc(F)c(Br)cc1N)C(N)=O. The highest BCUT2D eigenvalue weighted by Gasteiger charge is 2.25. The van der Waals surface area contributed by atoms with E-state index in [4.69, 9.17) is 11.5 Å². The van der Waals surface area contributed by atoms with Crippen molar-refractivity contribution in [2.45, 2.75) is 19.4 Å². The second kappa shape index (κ2) is 4.29. The van der Waals surface area contributed by atoms with E-state index in [0.717, 1.165) is 0 Å². The van der Waals surface area contributed by atoms with Gasteiger partial charge in [0.2, 0.25) is 5.91 Å². The quantitative estimate of drug-likeness (QED) is 0.743. The van der Waals surface area contributed by atoms with Crippen LogP contribution in [0.4, 0.5) is 15.8 Å². The van der Waals surface area contributed by atoms with Crippen LogP contribution >= 0.6 is 15.9 Å². The summed E-state index contributed by atoms with van der Waals surface area (Å²) in [5.74, 6) is -1.01. The van der Waals surface area contributed by atoms with Crippen LogP contribution in [-0.4, -0.2) is 11.4 Å². The first-order valence-electron chi connectivity index (χ1n) is 4.56. The maximum atomic E-state index is 13.3. The van der Waals surface area contributed by atoms with Gasteiger partial charge in [-0.05, 0) is 35.8 Å². The van der Waals surface area contributed by atoms with Crippen molar-refractivity contribution >= 4 is 33.2 Å². The van der Waals surface area contributed by atoms with Gasteiger partial charge in [-0.2, -0.15) is 0 Å². The summed E-state index contributed by atoms with van der Waals surface area (Å²) in [6.45, 7) is 3.18. The molecular weight excluding hydrogens is 277 g/mol. The Morgan fingerprint density at radius 1 is 1.50 bits per heavy atom. The predicted octanol–water partition coefficient (Wildman–Crippen LogP) is 1.85. The summed E-state index contributed by atoms with van der Waals surface area (Å²) < 4.78 is 13.5. The van der Waals surface area contributed by atoms with E-state index in [2.05, 4.69) is 21.2 Å². The van der Waals surface area contributed by atoms with Crippen LogP contribution in [0.15, 0.2) is 16.6 Å². The second-order valence-electron chi connectivity index (χ2n) is 3.97. The van der Waals surface area contributed by atoms with Crippen LogP contribution in [0.1, 0.15) is 13.8 Å². The number of halogens is 2. The molecule has 0 bridgehead atoms. The normalized spacial score (nSPS) is 11.2. The van der Waals surface area contributed by atoms with Crippen molar-refractivity contribution < 1.29 is 9.18 Å². The first-order chi connectivity index (χ1) is 7.24. The molecule has 16 heavy (non-hydrogen) atoms. The van der Waals surface area contributed by atoms with Crippen LogP contribution in [0.2, 0.25) is 0 Å². The lowest BCUT2D eigenvalue weighted by atomic mass is 10.0. The Hall–Kier alpha value is -1.30. The molecule has 88 valence electrons. The monoisotopic (exact) mass is 289 g/mol. The number of amides is 1. The molecule has 0 aromatic heterocycles. The molecule has 0 aliphatic rings. The Morgan fingerprint density at radius 2 is 2.06 bits per heavy atom. The summed E-state index contributed by atoms with van der Waals surface area (Å²) in [6, 6.07) is 2.64.